The number of hydrogen-bond acceptors (Lipinski definition) is 2. The van der Waals surface area contributed by atoms with Gasteiger partial charge in [0.25, 0.3) is 0 Å². The maximum Gasteiger partial charge on any atom is 0.122 e. The van der Waals surface area contributed by atoms with Crippen LogP contribution < -0.4 is 4.74 Å². The highest BCUT2D eigenvalue weighted by atomic mass is 16.5. The van der Waals surface area contributed by atoms with E-state index in [1.807, 2.05) is 13.0 Å². The maximum atomic E-state index is 10.2. The van der Waals surface area contributed by atoms with Crippen molar-refractivity contribution in [1.82, 2.24) is 0 Å². The summed E-state index contributed by atoms with van der Waals surface area (Å²) in [5.74, 6) is 0.962. The fraction of sp³-hybridized carbons (Fsp3) is 0.571. The Labute approximate surface area is 97.3 Å². The Hall–Kier alpha value is -1.02. The van der Waals surface area contributed by atoms with Crippen molar-refractivity contribution >= 4 is 0 Å². The monoisotopic (exact) mass is 220 g/mol. The fourth-order valence-electron chi connectivity index (χ4n) is 2.56. The average molecular weight is 220 g/mol. The van der Waals surface area contributed by atoms with Crippen LogP contribution in [0.4, 0.5) is 0 Å². The summed E-state index contributed by atoms with van der Waals surface area (Å²) in [5.41, 5.74) is 3.53. The van der Waals surface area contributed by atoms with Crippen LogP contribution in [0.5, 0.6) is 5.75 Å². The lowest BCUT2D eigenvalue weighted by Gasteiger charge is -2.18. The predicted molar refractivity (Wildman–Crippen MR) is 64.9 cm³/mol. The summed E-state index contributed by atoms with van der Waals surface area (Å²) in [4.78, 5) is 0. The molecule has 2 heteroatoms. The molecule has 1 N–H and O–H groups in total. The molecule has 0 unspecified atom stereocenters. The van der Waals surface area contributed by atoms with Crippen molar-refractivity contribution in [2.24, 2.45) is 0 Å². The summed E-state index contributed by atoms with van der Waals surface area (Å²) >= 11 is 0. The van der Waals surface area contributed by atoms with Crippen LogP contribution in [-0.4, -0.2) is 11.7 Å². The van der Waals surface area contributed by atoms with Crippen LogP contribution in [0.2, 0.25) is 0 Å². The highest BCUT2D eigenvalue weighted by Crippen LogP contribution is 2.36. The SMILES string of the molecule is CCOc1ccc(C)c2c1CCCC[C@@H]2O. The Kier molecular flexibility index (Phi) is 3.49. The standard InChI is InChI=1S/C14H20O2/c1-3-16-13-9-8-10(2)14-11(13)6-4-5-7-12(14)15/h8-9,12,15H,3-7H2,1-2H3/t12-/m0/s1. The average Bonchev–Trinajstić information content (AvgIpc) is 2.46. The molecule has 0 spiro atoms. The molecule has 1 aromatic rings. The van der Waals surface area contributed by atoms with Gasteiger partial charge < -0.3 is 9.84 Å². The topological polar surface area (TPSA) is 29.5 Å². The molecule has 2 rings (SSSR count). The van der Waals surface area contributed by atoms with E-state index in [1.165, 1.54) is 11.1 Å². The lowest BCUT2D eigenvalue weighted by Crippen LogP contribution is -2.05. The van der Waals surface area contributed by atoms with Gasteiger partial charge in [0.2, 0.25) is 0 Å². The van der Waals surface area contributed by atoms with Gasteiger partial charge in [0.15, 0.2) is 0 Å². The van der Waals surface area contributed by atoms with Gasteiger partial charge in [0.05, 0.1) is 12.7 Å². The zero-order valence-corrected chi connectivity index (χ0v) is 10.1. The van der Waals surface area contributed by atoms with Crippen molar-refractivity contribution in [2.45, 2.75) is 45.6 Å². The summed E-state index contributed by atoms with van der Waals surface area (Å²) in [6, 6.07) is 4.09. The normalized spacial score (nSPS) is 20.1. The highest BCUT2D eigenvalue weighted by Gasteiger charge is 2.21. The molecule has 0 aliphatic heterocycles. The molecule has 0 fully saturated rings. The second-order valence-electron chi connectivity index (χ2n) is 4.47. The van der Waals surface area contributed by atoms with E-state index in [-0.39, 0.29) is 6.10 Å². The van der Waals surface area contributed by atoms with Gasteiger partial charge in [-0.1, -0.05) is 12.5 Å². The predicted octanol–water partition coefficient (Wildman–Crippen LogP) is 3.15. The molecule has 0 aromatic heterocycles. The van der Waals surface area contributed by atoms with Crippen LogP contribution in [0.1, 0.15) is 49.0 Å². The van der Waals surface area contributed by atoms with E-state index in [0.29, 0.717) is 6.61 Å². The Morgan fingerprint density at radius 2 is 2.19 bits per heavy atom. The largest absolute Gasteiger partial charge is 0.494 e. The first-order valence-electron chi connectivity index (χ1n) is 6.17. The molecule has 0 radical (unpaired) electrons. The lowest BCUT2D eigenvalue weighted by atomic mass is 9.95. The van der Waals surface area contributed by atoms with E-state index >= 15 is 0 Å². The third-order valence-electron chi connectivity index (χ3n) is 3.32. The number of aliphatic hydroxyl groups is 1. The number of hydrogen-bond donors (Lipinski definition) is 1. The summed E-state index contributed by atoms with van der Waals surface area (Å²) in [5, 5.41) is 10.2. The minimum Gasteiger partial charge on any atom is -0.494 e. The van der Waals surface area contributed by atoms with Gasteiger partial charge in [-0.3, -0.25) is 0 Å². The van der Waals surface area contributed by atoms with E-state index in [2.05, 4.69) is 13.0 Å². The van der Waals surface area contributed by atoms with E-state index in [9.17, 15) is 5.11 Å². The number of fused-ring (bicyclic) bond motifs is 1. The van der Waals surface area contributed by atoms with Gasteiger partial charge >= 0.3 is 0 Å². The molecule has 88 valence electrons. The van der Waals surface area contributed by atoms with Crippen LogP contribution in [-0.2, 0) is 6.42 Å². The molecule has 0 saturated heterocycles. The van der Waals surface area contributed by atoms with Crippen molar-refractivity contribution in [3.05, 3.63) is 28.8 Å². The third-order valence-corrected chi connectivity index (χ3v) is 3.32. The maximum absolute atomic E-state index is 10.2. The quantitative estimate of drug-likeness (QED) is 0.776. The molecule has 0 saturated carbocycles. The Morgan fingerprint density at radius 1 is 1.38 bits per heavy atom. The van der Waals surface area contributed by atoms with Crippen molar-refractivity contribution in [2.75, 3.05) is 6.61 Å². The number of aliphatic hydroxyl groups excluding tert-OH is 1. The number of ether oxygens (including phenoxy) is 1. The molecule has 0 heterocycles. The van der Waals surface area contributed by atoms with Crippen LogP contribution >= 0.6 is 0 Å². The van der Waals surface area contributed by atoms with Crippen molar-refractivity contribution in [3.63, 3.8) is 0 Å². The fourth-order valence-corrected chi connectivity index (χ4v) is 2.56. The Balaban J connectivity index is 2.48. The van der Waals surface area contributed by atoms with Gasteiger partial charge in [-0.25, -0.2) is 0 Å². The van der Waals surface area contributed by atoms with E-state index in [4.69, 9.17) is 4.74 Å². The smallest absolute Gasteiger partial charge is 0.122 e. The van der Waals surface area contributed by atoms with Crippen LogP contribution in [0, 0.1) is 6.92 Å². The van der Waals surface area contributed by atoms with Gasteiger partial charge in [-0.05, 0) is 50.3 Å². The van der Waals surface area contributed by atoms with E-state index in [1.54, 1.807) is 0 Å². The van der Waals surface area contributed by atoms with Crippen LogP contribution in [0.15, 0.2) is 12.1 Å². The summed E-state index contributed by atoms with van der Waals surface area (Å²) < 4.78 is 5.65. The van der Waals surface area contributed by atoms with Gasteiger partial charge in [0, 0.05) is 5.56 Å². The first-order valence-corrected chi connectivity index (χ1v) is 6.17. The Morgan fingerprint density at radius 3 is 2.94 bits per heavy atom. The van der Waals surface area contributed by atoms with E-state index < -0.39 is 0 Å². The van der Waals surface area contributed by atoms with Crippen LogP contribution in [0.25, 0.3) is 0 Å². The lowest BCUT2D eigenvalue weighted by molar-refractivity contribution is 0.165. The van der Waals surface area contributed by atoms with Gasteiger partial charge in [0.1, 0.15) is 5.75 Å². The minimum absolute atomic E-state index is 0.307. The second-order valence-corrected chi connectivity index (χ2v) is 4.47. The minimum atomic E-state index is -0.307. The van der Waals surface area contributed by atoms with Crippen molar-refractivity contribution < 1.29 is 9.84 Å². The molecule has 1 aliphatic carbocycles. The Bertz CT molecular complexity index is 371. The van der Waals surface area contributed by atoms with Gasteiger partial charge in [-0.15, -0.1) is 0 Å². The molecule has 16 heavy (non-hydrogen) atoms. The molecular formula is C14H20O2. The number of benzene rings is 1. The van der Waals surface area contributed by atoms with Crippen LogP contribution in [0.3, 0.4) is 0 Å². The molecule has 1 atom stereocenters. The van der Waals surface area contributed by atoms with E-state index in [0.717, 1.165) is 37.0 Å². The highest BCUT2D eigenvalue weighted by molar-refractivity contribution is 5.46. The first kappa shape index (κ1) is 11.5. The third kappa shape index (κ3) is 2.07. The van der Waals surface area contributed by atoms with Crippen molar-refractivity contribution in [1.29, 1.82) is 0 Å². The summed E-state index contributed by atoms with van der Waals surface area (Å²) in [6.07, 6.45) is 3.85. The zero-order chi connectivity index (χ0) is 11.5. The molecule has 0 bridgehead atoms. The first-order chi connectivity index (χ1) is 7.74. The second kappa shape index (κ2) is 4.88. The molecule has 0 amide bonds. The molecule has 1 aliphatic rings. The zero-order valence-electron chi connectivity index (χ0n) is 10.1. The molecular weight excluding hydrogens is 200 g/mol. The van der Waals surface area contributed by atoms with Crippen molar-refractivity contribution in [3.8, 4) is 5.75 Å². The number of rotatable bonds is 2. The van der Waals surface area contributed by atoms with Gasteiger partial charge in [-0.2, -0.15) is 0 Å². The number of aryl methyl sites for hydroxylation is 1. The molecule has 1 aromatic carbocycles. The summed E-state index contributed by atoms with van der Waals surface area (Å²) in [7, 11) is 0. The summed E-state index contributed by atoms with van der Waals surface area (Å²) in [6.45, 7) is 4.76. The molecule has 2 nitrogen and oxygen atoms in total.